The summed E-state index contributed by atoms with van der Waals surface area (Å²) in [7, 11) is -1.41. The van der Waals surface area contributed by atoms with E-state index >= 15 is 0 Å². The number of rotatable bonds is 6. The van der Waals surface area contributed by atoms with Gasteiger partial charge in [-0.25, -0.2) is 4.79 Å². The summed E-state index contributed by atoms with van der Waals surface area (Å²) >= 11 is 0. The Balaban J connectivity index is 1.67. The van der Waals surface area contributed by atoms with Crippen LogP contribution in [0.5, 0.6) is 5.75 Å². The van der Waals surface area contributed by atoms with Crippen LogP contribution in [-0.2, 0) is 11.2 Å². The van der Waals surface area contributed by atoms with Crippen molar-refractivity contribution in [3.05, 3.63) is 40.7 Å². The molecule has 2 aliphatic heterocycles. The van der Waals surface area contributed by atoms with Gasteiger partial charge in [0, 0.05) is 0 Å². The number of para-hydroxylation sites is 1. The molecule has 0 saturated carbocycles. The fraction of sp³-hybridized carbons (Fsp3) is 0.333. The number of hydrogen-bond acceptors (Lipinski definition) is 9. The highest BCUT2D eigenvalue weighted by atomic mass is 16.5. The lowest BCUT2D eigenvalue weighted by Gasteiger charge is -2.29. The molecule has 0 radical (unpaired) electrons. The lowest BCUT2D eigenvalue weighted by Crippen LogP contribution is -2.55. The first-order chi connectivity index (χ1) is 12.9. The number of aromatic carboxylic acids is 1. The number of carbonyl (C=O) groups excluding carboxylic acids is 1. The third kappa shape index (κ3) is 3.83. The maximum atomic E-state index is 12.3. The van der Waals surface area contributed by atoms with E-state index in [4.69, 9.17) is 4.65 Å². The van der Waals surface area contributed by atoms with Crippen molar-refractivity contribution in [2.24, 2.45) is 0 Å². The summed E-state index contributed by atoms with van der Waals surface area (Å²) in [4.78, 5) is 23.6. The molecule has 0 bridgehead atoms. The molecular weight excluding hydrogens is 359 g/mol. The molecule has 1 atom stereocenters. The van der Waals surface area contributed by atoms with E-state index in [0.717, 1.165) is 0 Å². The number of benzene rings is 1. The Bertz CT molecular complexity index is 787. The van der Waals surface area contributed by atoms with Crippen LogP contribution in [0, 0.1) is 0 Å². The predicted octanol–water partition coefficient (Wildman–Crippen LogP) is -2.65. The van der Waals surface area contributed by atoms with Crippen molar-refractivity contribution >= 4 is 19.0 Å². The highest BCUT2D eigenvalue weighted by Crippen LogP contribution is 2.30. The van der Waals surface area contributed by atoms with E-state index in [2.05, 4.69) is 16.3 Å². The molecule has 11 nitrogen and oxygen atoms in total. The van der Waals surface area contributed by atoms with Crippen molar-refractivity contribution in [2.75, 3.05) is 19.8 Å². The number of aliphatic hydroxyl groups is 2. The van der Waals surface area contributed by atoms with Crippen molar-refractivity contribution in [3.8, 4) is 5.75 Å². The van der Waals surface area contributed by atoms with Gasteiger partial charge < -0.3 is 35.7 Å². The van der Waals surface area contributed by atoms with Crippen LogP contribution in [0.25, 0.3) is 0 Å². The fourth-order valence-corrected chi connectivity index (χ4v) is 3.00. The SMILES string of the molecule is O=C(CN1NNC(CO)=C1CO)N[C@H]1Cc2cccc(C(=O)O)c2OB1O. The first-order valence-corrected chi connectivity index (χ1v) is 8.16. The molecule has 1 aromatic rings. The Labute approximate surface area is 154 Å². The number of nitrogens with zero attached hydrogens (tertiary/aromatic N) is 1. The number of hydrazine groups is 2. The fourth-order valence-electron chi connectivity index (χ4n) is 3.00. The van der Waals surface area contributed by atoms with Crippen LogP contribution in [0.3, 0.4) is 0 Å². The van der Waals surface area contributed by atoms with E-state index in [9.17, 15) is 29.9 Å². The maximum absolute atomic E-state index is 12.3. The minimum atomic E-state index is -1.41. The number of nitrogens with one attached hydrogen (secondary N) is 3. The zero-order valence-corrected chi connectivity index (χ0v) is 14.2. The van der Waals surface area contributed by atoms with E-state index in [1.807, 2.05) is 0 Å². The summed E-state index contributed by atoms with van der Waals surface area (Å²) in [6.45, 7) is -0.916. The summed E-state index contributed by atoms with van der Waals surface area (Å²) in [6.07, 6.45) is 0.194. The average molecular weight is 378 g/mol. The van der Waals surface area contributed by atoms with Crippen LogP contribution in [0.15, 0.2) is 29.6 Å². The number of carbonyl (C=O) groups is 2. The molecular formula is C15H19BN4O7. The van der Waals surface area contributed by atoms with E-state index in [1.54, 1.807) is 12.1 Å². The molecule has 0 unspecified atom stereocenters. The number of amides is 1. The molecule has 0 spiro atoms. The number of hydrogen-bond donors (Lipinski definition) is 7. The monoisotopic (exact) mass is 378 g/mol. The zero-order chi connectivity index (χ0) is 19.6. The summed E-state index contributed by atoms with van der Waals surface area (Å²) in [5.74, 6) is -2.33. The minimum Gasteiger partial charge on any atom is -0.534 e. The van der Waals surface area contributed by atoms with Gasteiger partial charge >= 0.3 is 13.1 Å². The van der Waals surface area contributed by atoms with E-state index in [1.165, 1.54) is 11.1 Å². The van der Waals surface area contributed by atoms with Crippen LogP contribution < -0.4 is 20.9 Å². The van der Waals surface area contributed by atoms with Crippen LogP contribution in [-0.4, -0.2) is 70.0 Å². The van der Waals surface area contributed by atoms with Gasteiger partial charge in [-0.1, -0.05) is 12.1 Å². The smallest absolute Gasteiger partial charge is 0.534 e. The standard InChI is InChI=1S/C15H19BN4O7/c21-6-10-11(7-22)20(19-18-10)5-13(23)17-12-4-8-2-1-3-9(15(24)25)14(8)27-16(12)26/h1-3,12,18-19,21-22,26H,4-7H2,(H,17,23)(H,24,25)/t12-/m0/s1. The summed E-state index contributed by atoms with van der Waals surface area (Å²) in [5.41, 5.74) is 6.46. The summed E-state index contributed by atoms with van der Waals surface area (Å²) < 4.78 is 5.32. The highest BCUT2D eigenvalue weighted by Gasteiger charge is 2.38. The van der Waals surface area contributed by atoms with Crippen molar-refractivity contribution < 1.29 is 34.6 Å². The molecule has 1 aromatic carbocycles. The highest BCUT2D eigenvalue weighted by molar-refractivity contribution is 6.47. The second kappa shape index (κ2) is 7.84. The Morgan fingerprint density at radius 1 is 1.33 bits per heavy atom. The second-order valence-corrected chi connectivity index (χ2v) is 6.05. The van der Waals surface area contributed by atoms with E-state index in [-0.39, 0.29) is 37.5 Å². The average Bonchev–Trinajstić information content (AvgIpc) is 3.03. The number of fused-ring (bicyclic) bond motifs is 1. The minimum absolute atomic E-state index is 0.0575. The summed E-state index contributed by atoms with van der Waals surface area (Å²) in [5, 5.41) is 41.8. The Hall–Kier alpha value is -2.80. The number of aliphatic hydroxyl groups excluding tert-OH is 2. The van der Waals surface area contributed by atoms with Crippen LogP contribution in [0.4, 0.5) is 0 Å². The Morgan fingerprint density at radius 2 is 2.11 bits per heavy atom. The van der Waals surface area contributed by atoms with Crippen LogP contribution in [0.2, 0.25) is 0 Å². The molecule has 27 heavy (non-hydrogen) atoms. The van der Waals surface area contributed by atoms with Gasteiger partial charge in [0.25, 0.3) is 0 Å². The zero-order valence-electron chi connectivity index (χ0n) is 14.2. The molecule has 144 valence electrons. The van der Waals surface area contributed by atoms with E-state index < -0.39 is 24.9 Å². The Kier molecular flexibility index (Phi) is 5.51. The van der Waals surface area contributed by atoms with Gasteiger partial charge in [-0.3, -0.25) is 9.80 Å². The molecule has 0 aromatic heterocycles. The van der Waals surface area contributed by atoms with Crippen molar-refractivity contribution in [1.29, 1.82) is 0 Å². The molecule has 0 aliphatic carbocycles. The third-order valence-electron chi connectivity index (χ3n) is 4.32. The molecule has 2 heterocycles. The molecule has 0 saturated heterocycles. The summed E-state index contributed by atoms with van der Waals surface area (Å²) in [6, 6.07) is 4.61. The van der Waals surface area contributed by atoms with Gasteiger partial charge in [-0.15, -0.1) is 5.53 Å². The predicted molar refractivity (Wildman–Crippen MR) is 91.8 cm³/mol. The maximum Gasteiger partial charge on any atom is 0.547 e. The van der Waals surface area contributed by atoms with Crippen molar-refractivity contribution in [2.45, 2.75) is 12.4 Å². The molecule has 12 heteroatoms. The quantitative estimate of drug-likeness (QED) is 0.260. The number of carboxylic acids is 1. The number of carboxylic acid groups (broad SMARTS) is 1. The first kappa shape index (κ1) is 19.0. The van der Waals surface area contributed by atoms with Gasteiger partial charge in [0.15, 0.2) is 0 Å². The first-order valence-electron chi connectivity index (χ1n) is 8.16. The molecule has 0 fully saturated rings. The molecule has 7 N–H and O–H groups in total. The largest absolute Gasteiger partial charge is 0.547 e. The third-order valence-corrected chi connectivity index (χ3v) is 4.32. The Morgan fingerprint density at radius 3 is 2.78 bits per heavy atom. The van der Waals surface area contributed by atoms with Crippen molar-refractivity contribution in [1.82, 2.24) is 21.3 Å². The molecule has 1 amide bonds. The second-order valence-electron chi connectivity index (χ2n) is 6.05. The van der Waals surface area contributed by atoms with Crippen LogP contribution in [0.1, 0.15) is 15.9 Å². The van der Waals surface area contributed by atoms with Gasteiger partial charge in [0.05, 0.1) is 36.1 Å². The van der Waals surface area contributed by atoms with Crippen LogP contribution >= 0.6 is 0 Å². The molecule has 3 rings (SSSR count). The molecule has 2 aliphatic rings. The van der Waals surface area contributed by atoms with Gasteiger partial charge in [0.2, 0.25) is 5.91 Å². The van der Waals surface area contributed by atoms with Gasteiger partial charge in [0.1, 0.15) is 12.3 Å². The van der Waals surface area contributed by atoms with Gasteiger partial charge in [-0.05, 0) is 18.1 Å². The normalized spacial score (nSPS) is 18.7. The van der Waals surface area contributed by atoms with Crippen molar-refractivity contribution in [3.63, 3.8) is 0 Å². The van der Waals surface area contributed by atoms with E-state index in [0.29, 0.717) is 17.0 Å². The van der Waals surface area contributed by atoms with Gasteiger partial charge in [-0.2, -0.15) is 0 Å². The lowest BCUT2D eigenvalue weighted by molar-refractivity contribution is -0.122. The topological polar surface area (TPSA) is 164 Å². The lowest BCUT2D eigenvalue weighted by atomic mass is 9.72.